The Kier molecular flexibility index (Phi) is 3.64. The van der Waals surface area contributed by atoms with Gasteiger partial charge in [-0.2, -0.15) is 0 Å². The molecule has 1 aromatic rings. The molecule has 0 amide bonds. The minimum absolute atomic E-state index is 0.0348. The van der Waals surface area contributed by atoms with E-state index in [-0.39, 0.29) is 4.87 Å². The zero-order valence-electron chi connectivity index (χ0n) is 13.9. The maximum atomic E-state index is 10.2. The third-order valence-electron chi connectivity index (χ3n) is 6.19. The van der Waals surface area contributed by atoms with Crippen LogP contribution in [0, 0.1) is 17.8 Å². The van der Waals surface area contributed by atoms with Crippen molar-refractivity contribution in [3.63, 3.8) is 0 Å². The number of ether oxygens (including phenoxy) is 1. The van der Waals surface area contributed by atoms with Gasteiger partial charge in [0.2, 0.25) is 0 Å². The molecule has 0 spiro atoms. The fourth-order valence-electron chi connectivity index (χ4n) is 5.47. The zero-order valence-corrected chi connectivity index (χ0v) is 14.7. The fourth-order valence-corrected chi connectivity index (χ4v) is 6.06. The average Bonchev–Trinajstić information content (AvgIpc) is 2.49. The SMILES string of the molecule is CCc1ccc(C(OC)=C2C3CC4CC2CC(Cl)(C4)C3)cc1O. The van der Waals surface area contributed by atoms with Gasteiger partial charge in [-0.3, -0.25) is 0 Å². The first-order valence-electron chi connectivity index (χ1n) is 8.82. The van der Waals surface area contributed by atoms with Crippen molar-refractivity contribution in [1.82, 2.24) is 0 Å². The maximum absolute atomic E-state index is 10.2. The van der Waals surface area contributed by atoms with E-state index >= 15 is 0 Å². The van der Waals surface area contributed by atoms with Crippen LogP contribution in [0.1, 0.15) is 50.2 Å². The summed E-state index contributed by atoms with van der Waals surface area (Å²) in [5, 5.41) is 10.2. The lowest BCUT2D eigenvalue weighted by molar-refractivity contribution is 0.0843. The number of benzene rings is 1. The highest BCUT2D eigenvalue weighted by Crippen LogP contribution is 2.61. The number of methoxy groups -OCH3 is 1. The molecule has 0 aliphatic heterocycles. The van der Waals surface area contributed by atoms with E-state index < -0.39 is 0 Å². The van der Waals surface area contributed by atoms with Gasteiger partial charge in [0.1, 0.15) is 11.5 Å². The van der Waals surface area contributed by atoms with Crippen molar-refractivity contribution in [2.24, 2.45) is 17.8 Å². The van der Waals surface area contributed by atoms with Crippen LogP contribution in [0.5, 0.6) is 5.75 Å². The van der Waals surface area contributed by atoms with Gasteiger partial charge >= 0.3 is 0 Å². The Balaban J connectivity index is 1.77. The van der Waals surface area contributed by atoms with E-state index in [1.165, 1.54) is 24.8 Å². The van der Waals surface area contributed by atoms with Gasteiger partial charge in [0.05, 0.1) is 7.11 Å². The molecule has 0 heterocycles. The Hall–Kier alpha value is -1.15. The molecule has 3 heteroatoms. The Labute approximate surface area is 143 Å². The molecule has 1 aromatic carbocycles. The van der Waals surface area contributed by atoms with Crippen LogP contribution in [-0.2, 0) is 11.2 Å². The lowest BCUT2D eigenvalue weighted by Crippen LogP contribution is -2.48. The highest BCUT2D eigenvalue weighted by atomic mass is 35.5. The molecule has 124 valence electrons. The zero-order chi connectivity index (χ0) is 16.2. The molecule has 0 saturated heterocycles. The van der Waals surface area contributed by atoms with E-state index in [1.54, 1.807) is 7.11 Å². The lowest BCUT2D eigenvalue weighted by atomic mass is 9.53. The Morgan fingerprint density at radius 2 is 1.96 bits per heavy atom. The van der Waals surface area contributed by atoms with Crippen LogP contribution in [0.2, 0.25) is 0 Å². The van der Waals surface area contributed by atoms with Crippen LogP contribution in [0.15, 0.2) is 23.8 Å². The number of phenols is 1. The Morgan fingerprint density at radius 1 is 1.26 bits per heavy atom. The number of alkyl halides is 1. The second-order valence-corrected chi connectivity index (χ2v) is 8.48. The standard InChI is InChI=1S/C20H25ClO2/c1-3-13-4-5-14(8-17(13)22)19(23-2)18-15-6-12-7-16(18)11-20(21,9-12)10-15/h4-5,8,12,15-16,22H,3,6-7,9-11H2,1-2H3. The molecular formula is C20H25ClO2. The number of allylic oxidation sites excluding steroid dienone is 1. The predicted molar refractivity (Wildman–Crippen MR) is 93.6 cm³/mol. The molecule has 5 rings (SSSR count). The summed E-state index contributed by atoms with van der Waals surface area (Å²) in [7, 11) is 1.76. The summed E-state index contributed by atoms with van der Waals surface area (Å²) < 4.78 is 5.85. The summed E-state index contributed by atoms with van der Waals surface area (Å²) in [6.07, 6.45) is 6.72. The monoisotopic (exact) mass is 332 g/mol. The molecule has 0 radical (unpaired) electrons. The normalized spacial score (nSPS) is 34.7. The van der Waals surface area contributed by atoms with E-state index in [9.17, 15) is 5.11 Å². The van der Waals surface area contributed by atoms with Crippen molar-refractivity contribution in [2.45, 2.75) is 50.3 Å². The van der Waals surface area contributed by atoms with E-state index in [2.05, 4.69) is 13.0 Å². The Bertz CT molecular complexity index is 646. The molecule has 23 heavy (non-hydrogen) atoms. The average molecular weight is 333 g/mol. The van der Waals surface area contributed by atoms with E-state index in [0.29, 0.717) is 17.6 Å². The third-order valence-corrected chi connectivity index (χ3v) is 6.65. The molecule has 2 nitrogen and oxygen atoms in total. The third kappa shape index (κ3) is 2.46. The minimum atomic E-state index is 0.0348. The summed E-state index contributed by atoms with van der Waals surface area (Å²) in [6.45, 7) is 2.06. The number of aromatic hydroxyl groups is 1. The maximum Gasteiger partial charge on any atom is 0.125 e. The second kappa shape index (κ2) is 5.44. The van der Waals surface area contributed by atoms with E-state index in [4.69, 9.17) is 16.3 Å². The molecule has 2 unspecified atom stereocenters. The number of hydrogen-bond acceptors (Lipinski definition) is 2. The lowest BCUT2D eigenvalue weighted by Gasteiger charge is -2.55. The first kappa shape index (κ1) is 15.4. The number of halogens is 1. The van der Waals surface area contributed by atoms with Gasteiger partial charge in [0.15, 0.2) is 0 Å². The molecular weight excluding hydrogens is 308 g/mol. The van der Waals surface area contributed by atoms with Gasteiger partial charge in [0, 0.05) is 10.4 Å². The minimum Gasteiger partial charge on any atom is -0.508 e. The number of aryl methyl sites for hydroxylation is 1. The van der Waals surface area contributed by atoms with Crippen LogP contribution in [0.4, 0.5) is 0 Å². The van der Waals surface area contributed by atoms with Crippen molar-refractivity contribution in [1.29, 1.82) is 0 Å². The fraction of sp³-hybridized carbons (Fsp3) is 0.600. The first-order valence-corrected chi connectivity index (χ1v) is 9.20. The number of phenolic OH excluding ortho intramolecular Hbond substituents is 1. The summed E-state index contributed by atoms with van der Waals surface area (Å²) in [4.78, 5) is 0.0348. The molecule has 4 aliphatic rings. The van der Waals surface area contributed by atoms with E-state index in [1.807, 2.05) is 12.1 Å². The predicted octanol–water partition coefficient (Wildman–Crippen LogP) is 5.13. The molecule has 4 fully saturated rings. The van der Waals surface area contributed by atoms with Crippen LogP contribution >= 0.6 is 11.6 Å². The smallest absolute Gasteiger partial charge is 0.125 e. The van der Waals surface area contributed by atoms with Crippen molar-refractivity contribution in [2.75, 3.05) is 7.11 Å². The first-order chi connectivity index (χ1) is 11.0. The van der Waals surface area contributed by atoms with Gasteiger partial charge in [-0.05, 0) is 73.5 Å². The van der Waals surface area contributed by atoms with Crippen molar-refractivity contribution in [3.05, 3.63) is 34.9 Å². The van der Waals surface area contributed by atoms with Crippen LogP contribution in [0.3, 0.4) is 0 Å². The number of hydrogen-bond donors (Lipinski definition) is 1. The van der Waals surface area contributed by atoms with Crippen LogP contribution in [-0.4, -0.2) is 17.1 Å². The van der Waals surface area contributed by atoms with Gasteiger partial charge < -0.3 is 9.84 Å². The molecule has 4 bridgehead atoms. The molecule has 2 atom stereocenters. The van der Waals surface area contributed by atoms with E-state index in [0.717, 1.165) is 42.1 Å². The van der Waals surface area contributed by atoms with Crippen molar-refractivity contribution < 1.29 is 9.84 Å². The highest BCUT2D eigenvalue weighted by Gasteiger charge is 2.53. The molecule has 4 saturated carbocycles. The summed E-state index contributed by atoms with van der Waals surface area (Å²) in [5.41, 5.74) is 3.45. The summed E-state index contributed by atoms with van der Waals surface area (Å²) in [6, 6.07) is 5.97. The Morgan fingerprint density at radius 3 is 2.48 bits per heavy atom. The van der Waals surface area contributed by atoms with Crippen molar-refractivity contribution >= 4 is 17.4 Å². The van der Waals surface area contributed by atoms with Gasteiger partial charge in [0.25, 0.3) is 0 Å². The van der Waals surface area contributed by atoms with Crippen molar-refractivity contribution in [3.8, 4) is 5.75 Å². The molecule has 1 N–H and O–H groups in total. The molecule has 0 aromatic heterocycles. The molecule has 4 aliphatic carbocycles. The number of rotatable bonds is 3. The van der Waals surface area contributed by atoms with Gasteiger partial charge in [-0.25, -0.2) is 0 Å². The largest absolute Gasteiger partial charge is 0.508 e. The summed E-state index contributed by atoms with van der Waals surface area (Å²) >= 11 is 6.85. The topological polar surface area (TPSA) is 29.5 Å². The van der Waals surface area contributed by atoms with Gasteiger partial charge in [-0.1, -0.05) is 19.1 Å². The highest BCUT2D eigenvalue weighted by molar-refractivity contribution is 6.24. The van der Waals surface area contributed by atoms with Crippen LogP contribution in [0.25, 0.3) is 5.76 Å². The van der Waals surface area contributed by atoms with Gasteiger partial charge in [-0.15, -0.1) is 11.6 Å². The summed E-state index contributed by atoms with van der Waals surface area (Å²) in [5.74, 6) is 3.26. The second-order valence-electron chi connectivity index (χ2n) is 7.68. The van der Waals surface area contributed by atoms with Crippen LogP contribution < -0.4 is 0 Å². The quantitative estimate of drug-likeness (QED) is 0.614.